The molecule has 0 aliphatic carbocycles. The molecule has 4 rings (SSSR count). The molecule has 2 aromatic carbocycles. The van der Waals surface area contributed by atoms with Crippen LogP contribution in [-0.4, -0.2) is 9.55 Å². The molecular formula is C28H26N4O. The molecule has 164 valence electrons. The van der Waals surface area contributed by atoms with Crippen molar-refractivity contribution in [1.29, 1.82) is 0 Å². The Kier molecular flexibility index (Phi) is 6.51. The smallest absolute Gasteiger partial charge is 0.193 e. The van der Waals surface area contributed by atoms with Crippen molar-refractivity contribution in [2.24, 2.45) is 0 Å². The topological polar surface area (TPSA) is 59.0 Å². The van der Waals surface area contributed by atoms with Crippen LogP contribution in [0.25, 0.3) is 16.7 Å². The van der Waals surface area contributed by atoms with Crippen LogP contribution in [0.4, 0.5) is 11.6 Å². The van der Waals surface area contributed by atoms with Crippen molar-refractivity contribution >= 4 is 22.7 Å². The van der Waals surface area contributed by atoms with E-state index in [-0.39, 0.29) is 5.43 Å². The average molecular weight is 435 g/mol. The molecule has 5 heteroatoms. The number of hydrogen-bond donors (Lipinski definition) is 2. The second kappa shape index (κ2) is 9.83. The van der Waals surface area contributed by atoms with Gasteiger partial charge in [0.05, 0.1) is 5.39 Å². The van der Waals surface area contributed by atoms with Crippen molar-refractivity contribution in [3.8, 4) is 5.69 Å². The molecule has 5 nitrogen and oxygen atoms in total. The molecular weight excluding hydrogens is 408 g/mol. The molecule has 4 aromatic rings. The van der Waals surface area contributed by atoms with Gasteiger partial charge in [0.1, 0.15) is 11.6 Å². The van der Waals surface area contributed by atoms with Crippen LogP contribution >= 0.6 is 0 Å². The van der Waals surface area contributed by atoms with Crippen molar-refractivity contribution in [3.63, 3.8) is 0 Å². The lowest BCUT2D eigenvalue weighted by Crippen LogP contribution is -2.16. The molecule has 2 heterocycles. The number of hydrogen-bond acceptors (Lipinski definition) is 4. The van der Waals surface area contributed by atoms with Gasteiger partial charge in [0, 0.05) is 24.0 Å². The quantitative estimate of drug-likeness (QED) is 0.335. The van der Waals surface area contributed by atoms with Gasteiger partial charge in [0.2, 0.25) is 0 Å². The fourth-order valence-electron chi connectivity index (χ4n) is 3.74. The first kappa shape index (κ1) is 21.8. The molecule has 0 radical (unpaired) electrons. The summed E-state index contributed by atoms with van der Waals surface area (Å²) >= 11 is 0. The summed E-state index contributed by atoms with van der Waals surface area (Å²) in [6.45, 7) is 10.2. The summed E-state index contributed by atoms with van der Waals surface area (Å²) in [5, 5.41) is 7.28. The third-order valence-electron chi connectivity index (χ3n) is 5.29. The van der Waals surface area contributed by atoms with E-state index in [2.05, 4.69) is 35.9 Å². The molecule has 0 saturated carbocycles. The van der Waals surface area contributed by atoms with Gasteiger partial charge in [-0.25, -0.2) is 4.98 Å². The Hall–Kier alpha value is -4.38. The molecule has 0 fully saturated rings. The molecule has 0 saturated heterocycles. The van der Waals surface area contributed by atoms with E-state index in [9.17, 15) is 4.79 Å². The fourth-order valence-corrected chi connectivity index (χ4v) is 3.74. The summed E-state index contributed by atoms with van der Waals surface area (Å²) in [5.74, 6) is 1.30. The number of nitrogens with zero attached hydrogens (tertiary/aromatic N) is 2. The number of anilines is 2. The van der Waals surface area contributed by atoms with Crippen LogP contribution in [0.15, 0.2) is 115 Å². The summed E-state index contributed by atoms with van der Waals surface area (Å²) in [4.78, 5) is 18.0. The van der Waals surface area contributed by atoms with E-state index < -0.39 is 0 Å². The Balaban J connectivity index is 1.91. The van der Waals surface area contributed by atoms with Crippen LogP contribution in [0.1, 0.15) is 11.1 Å². The lowest BCUT2D eigenvalue weighted by molar-refractivity contribution is 1.05. The first-order chi connectivity index (χ1) is 16.1. The van der Waals surface area contributed by atoms with E-state index >= 15 is 0 Å². The van der Waals surface area contributed by atoms with Crippen molar-refractivity contribution < 1.29 is 0 Å². The second-order valence-corrected chi connectivity index (χ2v) is 7.61. The molecule has 0 bridgehead atoms. The monoisotopic (exact) mass is 434 g/mol. The standard InChI is InChI=1S/C28H26N4O/c1-4-12-22(5-2)30-26-18-24(33)27-20(3)17-25(29-19-21-13-8-6-9-14-21)31-28(27)32(26)23-15-10-7-11-16-23/h4-18,30H,1-2,19H2,3H3,(H,29,31)/b22-12+. The molecule has 2 aromatic heterocycles. The number of allylic oxidation sites excluding steroid dienone is 3. The first-order valence-electron chi connectivity index (χ1n) is 10.7. The van der Waals surface area contributed by atoms with E-state index in [4.69, 9.17) is 4.98 Å². The van der Waals surface area contributed by atoms with E-state index in [0.717, 1.165) is 22.5 Å². The molecule has 0 amide bonds. The van der Waals surface area contributed by atoms with Gasteiger partial charge < -0.3 is 10.6 Å². The van der Waals surface area contributed by atoms with E-state index in [1.54, 1.807) is 24.3 Å². The van der Waals surface area contributed by atoms with Gasteiger partial charge in [-0.2, -0.15) is 0 Å². The fraction of sp³-hybridized carbons (Fsp3) is 0.0714. The summed E-state index contributed by atoms with van der Waals surface area (Å²) in [7, 11) is 0. The van der Waals surface area contributed by atoms with Gasteiger partial charge in [0.25, 0.3) is 0 Å². The lowest BCUT2D eigenvalue weighted by atomic mass is 10.1. The minimum Gasteiger partial charge on any atom is -0.366 e. The second-order valence-electron chi connectivity index (χ2n) is 7.61. The Bertz CT molecular complexity index is 1390. The Morgan fingerprint density at radius 2 is 1.73 bits per heavy atom. The zero-order chi connectivity index (χ0) is 23.2. The molecule has 2 N–H and O–H groups in total. The molecule has 0 aliphatic rings. The zero-order valence-corrected chi connectivity index (χ0v) is 18.6. The van der Waals surface area contributed by atoms with Crippen LogP contribution in [0.3, 0.4) is 0 Å². The van der Waals surface area contributed by atoms with Crippen molar-refractivity contribution in [2.75, 3.05) is 10.6 Å². The molecule has 0 unspecified atom stereocenters. The molecule has 0 spiro atoms. The highest BCUT2D eigenvalue weighted by Crippen LogP contribution is 2.26. The van der Waals surface area contributed by atoms with Crippen LogP contribution in [0.2, 0.25) is 0 Å². The van der Waals surface area contributed by atoms with Crippen LogP contribution in [0.5, 0.6) is 0 Å². The predicted molar refractivity (Wildman–Crippen MR) is 138 cm³/mol. The highest BCUT2D eigenvalue weighted by Gasteiger charge is 2.16. The normalized spacial score (nSPS) is 11.2. The number of fused-ring (bicyclic) bond motifs is 1. The Morgan fingerprint density at radius 3 is 2.39 bits per heavy atom. The molecule has 0 atom stereocenters. The number of para-hydroxylation sites is 1. The largest absolute Gasteiger partial charge is 0.366 e. The highest BCUT2D eigenvalue weighted by atomic mass is 16.1. The van der Waals surface area contributed by atoms with Crippen LogP contribution in [-0.2, 0) is 6.54 Å². The van der Waals surface area contributed by atoms with E-state index in [1.807, 2.05) is 66.1 Å². The third-order valence-corrected chi connectivity index (χ3v) is 5.29. The summed E-state index contributed by atoms with van der Waals surface area (Å²) in [6, 6.07) is 23.5. The number of nitrogens with one attached hydrogen (secondary N) is 2. The summed E-state index contributed by atoms with van der Waals surface area (Å²) < 4.78 is 1.96. The van der Waals surface area contributed by atoms with Gasteiger partial charge in [-0.05, 0) is 48.4 Å². The minimum atomic E-state index is -0.0960. The van der Waals surface area contributed by atoms with Crippen LogP contribution in [0, 0.1) is 6.92 Å². The van der Waals surface area contributed by atoms with Gasteiger partial charge in [-0.1, -0.05) is 67.8 Å². The maximum absolute atomic E-state index is 13.1. The van der Waals surface area contributed by atoms with E-state index in [1.165, 1.54) is 0 Å². The third kappa shape index (κ3) is 4.77. The van der Waals surface area contributed by atoms with E-state index in [0.29, 0.717) is 29.2 Å². The maximum Gasteiger partial charge on any atom is 0.193 e. The number of aromatic nitrogens is 2. The number of aryl methyl sites for hydroxylation is 1. The van der Waals surface area contributed by atoms with Crippen LogP contribution < -0.4 is 16.1 Å². The zero-order valence-electron chi connectivity index (χ0n) is 18.6. The van der Waals surface area contributed by atoms with Gasteiger partial charge in [-0.3, -0.25) is 9.36 Å². The molecule has 0 aliphatic heterocycles. The highest BCUT2D eigenvalue weighted by molar-refractivity contribution is 5.85. The average Bonchev–Trinajstić information content (AvgIpc) is 2.83. The SMILES string of the molecule is C=C/C=C(\C=C)Nc1cc(=O)c2c(C)cc(NCc3ccccc3)nc2n1-c1ccccc1. The van der Waals surface area contributed by atoms with Crippen molar-refractivity contribution in [2.45, 2.75) is 13.5 Å². The Morgan fingerprint density at radius 1 is 1.03 bits per heavy atom. The molecule has 33 heavy (non-hydrogen) atoms. The van der Waals surface area contributed by atoms with Crippen molar-refractivity contribution in [3.05, 3.63) is 131 Å². The van der Waals surface area contributed by atoms with Gasteiger partial charge >= 0.3 is 0 Å². The predicted octanol–water partition coefficient (Wildman–Crippen LogP) is 5.97. The first-order valence-corrected chi connectivity index (χ1v) is 10.7. The number of rotatable bonds is 8. The minimum absolute atomic E-state index is 0.0960. The summed E-state index contributed by atoms with van der Waals surface area (Å²) in [5.41, 5.74) is 4.11. The summed E-state index contributed by atoms with van der Waals surface area (Å²) in [6.07, 6.45) is 5.15. The van der Waals surface area contributed by atoms with Crippen molar-refractivity contribution in [1.82, 2.24) is 9.55 Å². The van der Waals surface area contributed by atoms with Gasteiger partial charge in [0.15, 0.2) is 11.1 Å². The number of pyridine rings is 2. The number of benzene rings is 2. The maximum atomic E-state index is 13.1. The Labute approximate surface area is 193 Å². The van der Waals surface area contributed by atoms with Gasteiger partial charge in [-0.15, -0.1) is 0 Å². The lowest BCUT2D eigenvalue weighted by Gasteiger charge is -2.19.